The van der Waals surface area contributed by atoms with Gasteiger partial charge < -0.3 is 0 Å². The van der Waals surface area contributed by atoms with E-state index in [1.54, 1.807) is 0 Å². The average Bonchev–Trinajstić information content (AvgIpc) is 2.38. The van der Waals surface area contributed by atoms with Crippen LogP contribution in [-0.2, 0) is 0 Å². The summed E-state index contributed by atoms with van der Waals surface area (Å²) < 4.78 is 25.7. The Morgan fingerprint density at radius 2 is 1.80 bits per heavy atom. The van der Waals surface area contributed by atoms with Crippen LogP contribution in [0, 0.1) is 5.82 Å². The summed E-state index contributed by atoms with van der Waals surface area (Å²) in [4.78, 5) is 4.57. The zero-order chi connectivity index (χ0) is 14.8. The Bertz CT molecular complexity index is 425. The van der Waals surface area contributed by atoms with E-state index in [2.05, 4.69) is 30.6 Å². The van der Waals surface area contributed by atoms with Crippen molar-refractivity contribution in [2.24, 2.45) is 0 Å². The van der Waals surface area contributed by atoms with Gasteiger partial charge in [-0.05, 0) is 38.5 Å². The summed E-state index contributed by atoms with van der Waals surface area (Å²) in [5.41, 5.74) is 1.14. The molecule has 0 aliphatic carbocycles. The van der Waals surface area contributed by atoms with Crippen molar-refractivity contribution in [1.82, 2.24) is 9.80 Å². The molecular formula is C16H24F2N2. The van der Waals surface area contributed by atoms with Gasteiger partial charge in [-0.3, -0.25) is 9.80 Å². The highest BCUT2D eigenvalue weighted by Crippen LogP contribution is 2.31. The summed E-state index contributed by atoms with van der Waals surface area (Å²) >= 11 is 0. The van der Waals surface area contributed by atoms with Crippen molar-refractivity contribution >= 4 is 0 Å². The highest BCUT2D eigenvalue weighted by atomic mass is 19.1. The summed E-state index contributed by atoms with van der Waals surface area (Å²) in [6.45, 7) is 9.33. The van der Waals surface area contributed by atoms with Crippen molar-refractivity contribution in [2.45, 2.75) is 32.4 Å². The molecule has 1 heterocycles. The highest BCUT2D eigenvalue weighted by molar-refractivity contribution is 5.21. The molecule has 2 rings (SSSR count). The zero-order valence-electron chi connectivity index (χ0n) is 12.6. The molecule has 0 N–H and O–H groups in total. The van der Waals surface area contributed by atoms with Crippen molar-refractivity contribution in [3.8, 4) is 0 Å². The molecule has 0 spiro atoms. The normalized spacial score (nSPS) is 22.1. The van der Waals surface area contributed by atoms with Crippen LogP contribution in [0.15, 0.2) is 24.3 Å². The van der Waals surface area contributed by atoms with Crippen LogP contribution in [0.25, 0.3) is 0 Å². The number of halogens is 2. The molecule has 1 fully saturated rings. The van der Waals surface area contributed by atoms with Crippen LogP contribution in [0.5, 0.6) is 0 Å². The van der Waals surface area contributed by atoms with Crippen molar-refractivity contribution in [3.63, 3.8) is 0 Å². The number of nitrogens with zero attached hydrogens (tertiary/aromatic N) is 2. The quantitative estimate of drug-likeness (QED) is 0.839. The van der Waals surface area contributed by atoms with Gasteiger partial charge in [0.05, 0.1) is 0 Å². The largest absolute Gasteiger partial charge is 0.298 e. The van der Waals surface area contributed by atoms with E-state index in [-0.39, 0.29) is 24.1 Å². The first-order valence-electron chi connectivity index (χ1n) is 7.22. The van der Waals surface area contributed by atoms with E-state index in [1.165, 1.54) is 12.1 Å². The van der Waals surface area contributed by atoms with Gasteiger partial charge in [-0.1, -0.05) is 12.1 Å². The monoisotopic (exact) mass is 282 g/mol. The van der Waals surface area contributed by atoms with Crippen molar-refractivity contribution in [2.75, 3.05) is 32.9 Å². The van der Waals surface area contributed by atoms with Gasteiger partial charge in [0.1, 0.15) is 12.5 Å². The molecule has 0 saturated carbocycles. The minimum Gasteiger partial charge on any atom is -0.298 e. The van der Waals surface area contributed by atoms with E-state index in [9.17, 15) is 8.78 Å². The van der Waals surface area contributed by atoms with Crippen LogP contribution < -0.4 is 0 Å². The molecule has 1 aliphatic heterocycles. The molecule has 0 bridgehead atoms. The lowest BCUT2D eigenvalue weighted by Gasteiger charge is -2.48. The van der Waals surface area contributed by atoms with E-state index in [1.807, 2.05) is 12.1 Å². The van der Waals surface area contributed by atoms with E-state index in [4.69, 9.17) is 0 Å². The van der Waals surface area contributed by atoms with Gasteiger partial charge in [-0.25, -0.2) is 8.78 Å². The maximum Gasteiger partial charge on any atom is 0.123 e. The van der Waals surface area contributed by atoms with Crippen LogP contribution in [0.2, 0.25) is 0 Å². The van der Waals surface area contributed by atoms with Gasteiger partial charge in [-0.2, -0.15) is 0 Å². The number of hydrogen-bond donors (Lipinski definition) is 0. The van der Waals surface area contributed by atoms with Crippen LogP contribution in [0.4, 0.5) is 8.78 Å². The molecule has 1 aromatic rings. The van der Waals surface area contributed by atoms with Gasteiger partial charge in [0.15, 0.2) is 0 Å². The number of benzene rings is 1. The SMILES string of the molecule is CC(C)(C)N1CCN(CCF)C[C@H]1c1ccc(F)cc1. The molecule has 20 heavy (non-hydrogen) atoms. The van der Waals surface area contributed by atoms with Crippen LogP contribution in [0.3, 0.4) is 0 Å². The first kappa shape index (κ1) is 15.4. The van der Waals surface area contributed by atoms with Crippen molar-refractivity contribution in [1.29, 1.82) is 0 Å². The second-order valence-electron chi connectivity index (χ2n) is 6.42. The smallest absolute Gasteiger partial charge is 0.123 e. The van der Waals surface area contributed by atoms with Crippen molar-refractivity contribution in [3.05, 3.63) is 35.6 Å². The predicted molar refractivity (Wildman–Crippen MR) is 78.0 cm³/mol. The average molecular weight is 282 g/mol. The van der Waals surface area contributed by atoms with Gasteiger partial charge in [0.2, 0.25) is 0 Å². The van der Waals surface area contributed by atoms with Gasteiger partial charge in [0, 0.05) is 37.8 Å². The Morgan fingerprint density at radius 3 is 2.35 bits per heavy atom. The third-order valence-corrected chi connectivity index (χ3v) is 3.98. The zero-order valence-corrected chi connectivity index (χ0v) is 12.6. The third-order valence-electron chi connectivity index (χ3n) is 3.98. The third kappa shape index (κ3) is 3.55. The van der Waals surface area contributed by atoms with Gasteiger partial charge in [-0.15, -0.1) is 0 Å². The summed E-state index contributed by atoms with van der Waals surface area (Å²) in [5.74, 6) is -0.215. The Hall–Kier alpha value is -1.00. The van der Waals surface area contributed by atoms with Crippen LogP contribution in [0.1, 0.15) is 32.4 Å². The summed E-state index contributed by atoms with van der Waals surface area (Å²) in [7, 11) is 0. The fraction of sp³-hybridized carbons (Fsp3) is 0.625. The topological polar surface area (TPSA) is 6.48 Å². The molecular weight excluding hydrogens is 258 g/mol. The van der Waals surface area contributed by atoms with Gasteiger partial charge >= 0.3 is 0 Å². The predicted octanol–water partition coefficient (Wildman–Crippen LogP) is 3.25. The van der Waals surface area contributed by atoms with E-state index < -0.39 is 0 Å². The maximum atomic E-state index is 13.1. The summed E-state index contributed by atoms with van der Waals surface area (Å²) in [6, 6.07) is 6.89. The first-order chi connectivity index (χ1) is 9.41. The molecule has 1 aromatic carbocycles. The fourth-order valence-corrected chi connectivity index (χ4v) is 2.94. The lowest BCUT2D eigenvalue weighted by atomic mass is 9.95. The number of alkyl halides is 1. The molecule has 0 aromatic heterocycles. The summed E-state index contributed by atoms with van der Waals surface area (Å²) in [5, 5.41) is 0. The van der Waals surface area contributed by atoms with Gasteiger partial charge in [0.25, 0.3) is 0 Å². The van der Waals surface area contributed by atoms with E-state index in [0.717, 1.165) is 25.2 Å². The standard InChI is InChI=1S/C16H24F2N2/c1-16(2,3)20-11-10-19(9-8-17)12-15(20)13-4-6-14(18)7-5-13/h4-7,15H,8-12H2,1-3H3/t15-/m0/s1. The van der Waals surface area contributed by atoms with E-state index >= 15 is 0 Å². The Kier molecular flexibility index (Phi) is 4.76. The van der Waals surface area contributed by atoms with Crippen LogP contribution in [-0.4, -0.2) is 48.2 Å². The Morgan fingerprint density at radius 1 is 1.15 bits per heavy atom. The molecule has 0 radical (unpaired) electrons. The number of rotatable bonds is 3. The Balaban J connectivity index is 2.23. The maximum absolute atomic E-state index is 13.1. The number of piperazine rings is 1. The molecule has 1 atom stereocenters. The molecule has 2 nitrogen and oxygen atoms in total. The molecule has 1 saturated heterocycles. The lowest BCUT2D eigenvalue weighted by molar-refractivity contribution is 0.00725. The molecule has 0 unspecified atom stereocenters. The second kappa shape index (κ2) is 6.19. The second-order valence-corrected chi connectivity index (χ2v) is 6.42. The highest BCUT2D eigenvalue weighted by Gasteiger charge is 2.34. The summed E-state index contributed by atoms with van der Waals surface area (Å²) in [6.07, 6.45) is 0. The molecule has 112 valence electrons. The lowest BCUT2D eigenvalue weighted by Crippen LogP contribution is -2.55. The fourth-order valence-electron chi connectivity index (χ4n) is 2.94. The number of hydrogen-bond acceptors (Lipinski definition) is 2. The molecule has 0 amide bonds. The van der Waals surface area contributed by atoms with Crippen LogP contribution >= 0.6 is 0 Å². The Labute approximate surface area is 120 Å². The van der Waals surface area contributed by atoms with Crippen molar-refractivity contribution < 1.29 is 8.78 Å². The van der Waals surface area contributed by atoms with E-state index in [0.29, 0.717) is 6.54 Å². The minimum atomic E-state index is -0.314. The molecule has 1 aliphatic rings. The first-order valence-corrected chi connectivity index (χ1v) is 7.22. The molecule has 4 heteroatoms. The minimum absolute atomic E-state index is 0.0425.